The third-order valence-corrected chi connectivity index (χ3v) is 4.70. The van der Waals surface area contributed by atoms with Crippen LogP contribution in [0.25, 0.3) is 0 Å². The number of rotatable bonds is 6. The van der Waals surface area contributed by atoms with Crippen molar-refractivity contribution in [3.8, 4) is 0 Å². The zero-order valence-electron chi connectivity index (χ0n) is 10.2. The summed E-state index contributed by atoms with van der Waals surface area (Å²) in [6, 6.07) is 2.52. The SMILES string of the molecule is Cc1ccsc1C(CN)NCC(C)C1CC1. The van der Waals surface area contributed by atoms with E-state index in [0.29, 0.717) is 12.6 Å². The molecule has 2 atom stereocenters. The number of nitrogens with two attached hydrogens (primary N) is 1. The molecule has 0 saturated heterocycles. The smallest absolute Gasteiger partial charge is 0.0542 e. The number of hydrogen-bond acceptors (Lipinski definition) is 3. The summed E-state index contributed by atoms with van der Waals surface area (Å²) in [6.07, 6.45) is 2.85. The molecule has 1 heterocycles. The van der Waals surface area contributed by atoms with E-state index in [4.69, 9.17) is 5.73 Å². The predicted molar refractivity (Wildman–Crippen MR) is 70.7 cm³/mol. The Labute approximate surface area is 102 Å². The van der Waals surface area contributed by atoms with Crippen molar-refractivity contribution >= 4 is 11.3 Å². The predicted octanol–water partition coefficient (Wildman–Crippen LogP) is 2.69. The average Bonchev–Trinajstić information content (AvgIpc) is 3.04. The molecule has 1 aliphatic rings. The molecule has 3 N–H and O–H groups in total. The minimum Gasteiger partial charge on any atom is -0.329 e. The molecule has 3 heteroatoms. The van der Waals surface area contributed by atoms with E-state index >= 15 is 0 Å². The number of aryl methyl sites for hydroxylation is 1. The van der Waals surface area contributed by atoms with Crippen LogP contribution < -0.4 is 11.1 Å². The lowest BCUT2D eigenvalue weighted by Crippen LogP contribution is -2.31. The minimum absolute atomic E-state index is 0.348. The van der Waals surface area contributed by atoms with E-state index in [9.17, 15) is 0 Å². The van der Waals surface area contributed by atoms with Crippen LogP contribution in [0.4, 0.5) is 0 Å². The van der Waals surface area contributed by atoms with Gasteiger partial charge in [0.15, 0.2) is 0 Å². The van der Waals surface area contributed by atoms with Crippen LogP contribution in [-0.4, -0.2) is 13.1 Å². The Morgan fingerprint density at radius 2 is 2.31 bits per heavy atom. The van der Waals surface area contributed by atoms with Crippen molar-refractivity contribution in [2.24, 2.45) is 17.6 Å². The van der Waals surface area contributed by atoms with Crippen molar-refractivity contribution < 1.29 is 0 Å². The first-order chi connectivity index (χ1) is 7.72. The third kappa shape index (κ3) is 2.84. The van der Waals surface area contributed by atoms with Gasteiger partial charge in [0.05, 0.1) is 6.04 Å². The summed E-state index contributed by atoms with van der Waals surface area (Å²) in [5.41, 5.74) is 7.22. The van der Waals surface area contributed by atoms with Crippen LogP contribution in [0, 0.1) is 18.8 Å². The summed E-state index contributed by atoms with van der Waals surface area (Å²) in [6.45, 7) is 6.31. The third-order valence-electron chi connectivity index (χ3n) is 3.57. The number of nitrogens with one attached hydrogen (secondary N) is 1. The molecule has 90 valence electrons. The summed E-state index contributed by atoms with van der Waals surface area (Å²) in [7, 11) is 0. The van der Waals surface area contributed by atoms with Crippen molar-refractivity contribution in [2.45, 2.75) is 32.7 Å². The summed E-state index contributed by atoms with van der Waals surface area (Å²) < 4.78 is 0. The van der Waals surface area contributed by atoms with E-state index in [0.717, 1.165) is 18.4 Å². The number of hydrogen-bond donors (Lipinski definition) is 2. The molecule has 0 spiro atoms. The maximum absolute atomic E-state index is 5.85. The molecule has 1 aromatic rings. The summed E-state index contributed by atoms with van der Waals surface area (Å²) in [4.78, 5) is 1.41. The Balaban J connectivity index is 1.87. The van der Waals surface area contributed by atoms with Gasteiger partial charge in [-0.3, -0.25) is 0 Å². The van der Waals surface area contributed by atoms with E-state index in [2.05, 4.69) is 30.6 Å². The van der Waals surface area contributed by atoms with Crippen molar-refractivity contribution in [3.63, 3.8) is 0 Å². The van der Waals surface area contributed by atoms with Crippen molar-refractivity contribution in [1.82, 2.24) is 5.32 Å². The van der Waals surface area contributed by atoms with Gasteiger partial charge in [-0.15, -0.1) is 11.3 Å². The highest BCUT2D eigenvalue weighted by Crippen LogP contribution is 2.36. The van der Waals surface area contributed by atoms with E-state index in [1.807, 2.05) is 11.3 Å². The maximum Gasteiger partial charge on any atom is 0.0542 e. The minimum atomic E-state index is 0.348. The molecule has 16 heavy (non-hydrogen) atoms. The highest BCUT2D eigenvalue weighted by molar-refractivity contribution is 7.10. The van der Waals surface area contributed by atoms with Gasteiger partial charge in [0.1, 0.15) is 0 Å². The molecule has 2 unspecified atom stereocenters. The lowest BCUT2D eigenvalue weighted by atomic mass is 10.1. The molecule has 1 saturated carbocycles. The van der Waals surface area contributed by atoms with Crippen LogP contribution in [0.2, 0.25) is 0 Å². The largest absolute Gasteiger partial charge is 0.329 e. The van der Waals surface area contributed by atoms with Crippen LogP contribution in [0.5, 0.6) is 0 Å². The first-order valence-electron chi connectivity index (χ1n) is 6.19. The molecule has 2 rings (SSSR count). The topological polar surface area (TPSA) is 38.0 Å². The maximum atomic E-state index is 5.85. The molecule has 1 fully saturated rings. The van der Waals surface area contributed by atoms with Gasteiger partial charge in [-0.2, -0.15) is 0 Å². The van der Waals surface area contributed by atoms with Crippen LogP contribution >= 0.6 is 11.3 Å². The summed E-state index contributed by atoms with van der Waals surface area (Å²) in [5, 5.41) is 5.77. The standard InChI is InChI=1S/C13H22N2S/c1-9-5-6-16-13(9)12(7-14)15-8-10(2)11-3-4-11/h5-6,10-12,15H,3-4,7-8,14H2,1-2H3. The van der Waals surface area contributed by atoms with Gasteiger partial charge in [0, 0.05) is 11.4 Å². The highest BCUT2D eigenvalue weighted by Gasteiger charge is 2.28. The Bertz CT molecular complexity index is 330. The van der Waals surface area contributed by atoms with Gasteiger partial charge in [0.2, 0.25) is 0 Å². The fraction of sp³-hybridized carbons (Fsp3) is 0.692. The fourth-order valence-electron chi connectivity index (χ4n) is 2.18. The molecule has 0 aromatic carbocycles. The van der Waals surface area contributed by atoms with E-state index in [-0.39, 0.29) is 0 Å². The van der Waals surface area contributed by atoms with E-state index in [1.54, 1.807) is 0 Å². The first-order valence-corrected chi connectivity index (χ1v) is 7.07. The van der Waals surface area contributed by atoms with Gasteiger partial charge in [-0.05, 0) is 55.2 Å². The van der Waals surface area contributed by atoms with Crippen molar-refractivity contribution in [1.29, 1.82) is 0 Å². The van der Waals surface area contributed by atoms with Crippen LogP contribution in [0.1, 0.15) is 36.2 Å². The summed E-state index contributed by atoms with van der Waals surface area (Å²) >= 11 is 1.82. The molecule has 2 nitrogen and oxygen atoms in total. The molecule has 0 amide bonds. The zero-order valence-corrected chi connectivity index (χ0v) is 11.0. The second-order valence-corrected chi connectivity index (χ2v) is 5.93. The Kier molecular flexibility index (Phi) is 4.00. The second kappa shape index (κ2) is 5.30. The molecular weight excluding hydrogens is 216 g/mol. The van der Waals surface area contributed by atoms with E-state index < -0.39 is 0 Å². The molecule has 1 aliphatic carbocycles. The van der Waals surface area contributed by atoms with Crippen molar-refractivity contribution in [3.05, 3.63) is 21.9 Å². The lowest BCUT2D eigenvalue weighted by Gasteiger charge is -2.19. The van der Waals surface area contributed by atoms with Crippen LogP contribution in [-0.2, 0) is 0 Å². The van der Waals surface area contributed by atoms with Crippen LogP contribution in [0.3, 0.4) is 0 Å². The Morgan fingerprint density at radius 1 is 1.56 bits per heavy atom. The van der Waals surface area contributed by atoms with Gasteiger partial charge in [-0.1, -0.05) is 6.92 Å². The lowest BCUT2D eigenvalue weighted by molar-refractivity contribution is 0.424. The van der Waals surface area contributed by atoms with Gasteiger partial charge in [-0.25, -0.2) is 0 Å². The van der Waals surface area contributed by atoms with E-state index in [1.165, 1.54) is 23.3 Å². The monoisotopic (exact) mass is 238 g/mol. The fourth-order valence-corrected chi connectivity index (χ4v) is 3.20. The average molecular weight is 238 g/mol. The van der Waals surface area contributed by atoms with Crippen molar-refractivity contribution in [2.75, 3.05) is 13.1 Å². The first kappa shape index (κ1) is 12.1. The quantitative estimate of drug-likeness (QED) is 0.799. The zero-order chi connectivity index (χ0) is 11.5. The Hall–Kier alpha value is -0.380. The number of thiophene rings is 1. The van der Waals surface area contributed by atoms with Gasteiger partial charge >= 0.3 is 0 Å². The van der Waals surface area contributed by atoms with Gasteiger partial charge < -0.3 is 11.1 Å². The summed E-state index contributed by atoms with van der Waals surface area (Å²) in [5.74, 6) is 1.77. The van der Waals surface area contributed by atoms with Gasteiger partial charge in [0.25, 0.3) is 0 Å². The molecule has 0 aliphatic heterocycles. The molecular formula is C13H22N2S. The van der Waals surface area contributed by atoms with Crippen LogP contribution in [0.15, 0.2) is 11.4 Å². The Morgan fingerprint density at radius 3 is 2.81 bits per heavy atom. The molecule has 0 bridgehead atoms. The second-order valence-electron chi connectivity index (χ2n) is 4.98. The highest BCUT2D eigenvalue weighted by atomic mass is 32.1. The molecule has 0 radical (unpaired) electrons. The molecule has 1 aromatic heterocycles. The normalized spacial score (nSPS) is 19.7.